The molecule has 0 aliphatic carbocycles. The monoisotopic (exact) mass is 403 g/mol. The van der Waals surface area contributed by atoms with Crippen molar-refractivity contribution in [2.24, 2.45) is 0 Å². The summed E-state index contributed by atoms with van der Waals surface area (Å²) in [5.41, 5.74) is 0.381. The van der Waals surface area contributed by atoms with E-state index in [1.54, 1.807) is 36.4 Å². The van der Waals surface area contributed by atoms with Crippen LogP contribution in [0.5, 0.6) is 0 Å². The summed E-state index contributed by atoms with van der Waals surface area (Å²) in [5, 5.41) is 12.3. The van der Waals surface area contributed by atoms with Crippen LogP contribution in [0.15, 0.2) is 47.4 Å². The van der Waals surface area contributed by atoms with Crippen molar-refractivity contribution in [3.8, 4) is 0 Å². The molecule has 1 amide bonds. The molecule has 2 aromatic rings. The number of thioether (sulfide) groups is 1. The first-order chi connectivity index (χ1) is 11.3. The van der Waals surface area contributed by atoms with Crippen molar-refractivity contribution in [3.05, 3.63) is 57.5 Å². The molecule has 0 aromatic heterocycles. The highest BCUT2D eigenvalue weighted by molar-refractivity contribution is 8.00. The number of anilines is 1. The SMILES string of the molecule is O=C(CC(Sc1ccc(Cl)cc1)C(=O)O)Nc1ccc(Cl)cc1Cl. The Morgan fingerprint density at radius 2 is 1.67 bits per heavy atom. The fraction of sp³-hybridized carbons (Fsp3) is 0.125. The van der Waals surface area contributed by atoms with Gasteiger partial charge in [-0.2, -0.15) is 0 Å². The molecule has 2 aromatic carbocycles. The van der Waals surface area contributed by atoms with E-state index >= 15 is 0 Å². The number of halogens is 3. The molecule has 2 rings (SSSR count). The molecule has 24 heavy (non-hydrogen) atoms. The average molecular weight is 405 g/mol. The van der Waals surface area contributed by atoms with Gasteiger partial charge in [0.25, 0.3) is 0 Å². The van der Waals surface area contributed by atoms with Gasteiger partial charge in [-0.15, -0.1) is 11.8 Å². The smallest absolute Gasteiger partial charge is 0.317 e. The first-order valence-corrected chi connectivity index (χ1v) is 8.76. The molecular weight excluding hydrogens is 393 g/mol. The van der Waals surface area contributed by atoms with Gasteiger partial charge in [0, 0.05) is 21.4 Å². The molecule has 0 radical (unpaired) electrons. The number of hydrogen-bond donors (Lipinski definition) is 2. The van der Waals surface area contributed by atoms with Crippen LogP contribution < -0.4 is 5.32 Å². The molecule has 2 N–H and O–H groups in total. The third kappa shape index (κ3) is 5.60. The fourth-order valence-electron chi connectivity index (χ4n) is 1.82. The minimum atomic E-state index is -1.08. The van der Waals surface area contributed by atoms with Gasteiger partial charge in [0.15, 0.2) is 0 Å². The highest BCUT2D eigenvalue weighted by Crippen LogP contribution is 2.29. The van der Waals surface area contributed by atoms with Gasteiger partial charge >= 0.3 is 5.97 Å². The molecule has 126 valence electrons. The maximum atomic E-state index is 12.1. The summed E-state index contributed by atoms with van der Waals surface area (Å²) < 4.78 is 0. The molecule has 0 spiro atoms. The minimum Gasteiger partial charge on any atom is -0.480 e. The number of benzene rings is 2. The Balaban J connectivity index is 2.02. The number of nitrogens with one attached hydrogen (secondary N) is 1. The van der Waals surface area contributed by atoms with Crippen molar-refractivity contribution in [1.29, 1.82) is 0 Å². The Hall–Kier alpha value is -1.40. The lowest BCUT2D eigenvalue weighted by molar-refractivity contribution is -0.137. The highest BCUT2D eigenvalue weighted by Gasteiger charge is 2.23. The van der Waals surface area contributed by atoms with Gasteiger partial charge in [0.05, 0.1) is 10.7 Å². The number of amides is 1. The second kappa shape index (κ2) is 8.62. The van der Waals surface area contributed by atoms with Crippen LogP contribution in [-0.4, -0.2) is 22.2 Å². The highest BCUT2D eigenvalue weighted by atomic mass is 35.5. The average Bonchev–Trinajstić information content (AvgIpc) is 2.51. The van der Waals surface area contributed by atoms with Gasteiger partial charge in [-0.25, -0.2) is 0 Å². The van der Waals surface area contributed by atoms with Crippen LogP contribution in [0.25, 0.3) is 0 Å². The van der Waals surface area contributed by atoms with E-state index in [-0.39, 0.29) is 11.4 Å². The van der Waals surface area contributed by atoms with Gasteiger partial charge in [-0.05, 0) is 42.5 Å². The molecule has 0 fully saturated rings. The summed E-state index contributed by atoms with van der Waals surface area (Å²) >= 11 is 18.7. The van der Waals surface area contributed by atoms with Crippen LogP contribution in [0.4, 0.5) is 5.69 Å². The van der Waals surface area contributed by atoms with Gasteiger partial charge in [-0.1, -0.05) is 34.8 Å². The van der Waals surface area contributed by atoms with Crippen molar-refractivity contribution >= 4 is 64.1 Å². The van der Waals surface area contributed by atoms with Crippen LogP contribution in [0.1, 0.15) is 6.42 Å². The Labute approximate surface area is 158 Å². The first kappa shape index (κ1) is 18.9. The molecule has 0 bridgehead atoms. The summed E-state index contributed by atoms with van der Waals surface area (Å²) in [7, 11) is 0. The second-order valence-electron chi connectivity index (χ2n) is 4.78. The molecule has 1 unspecified atom stereocenters. The van der Waals surface area contributed by atoms with Crippen LogP contribution in [0, 0.1) is 0 Å². The molecular formula is C16H12Cl3NO3S. The molecule has 4 nitrogen and oxygen atoms in total. The number of hydrogen-bond acceptors (Lipinski definition) is 3. The van der Waals surface area contributed by atoms with Crippen molar-refractivity contribution in [3.63, 3.8) is 0 Å². The van der Waals surface area contributed by atoms with Crippen molar-refractivity contribution in [2.45, 2.75) is 16.6 Å². The lowest BCUT2D eigenvalue weighted by Gasteiger charge is -2.13. The number of rotatable bonds is 6. The van der Waals surface area contributed by atoms with Gasteiger partial charge < -0.3 is 10.4 Å². The van der Waals surface area contributed by atoms with Crippen molar-refractivity contribution in [2.75, 3.05) is 5.32 Å². The Kier molecular flexibility index (Phi) is 6.80. The Morgan fingerprint density at radius 1 is 1.04 bits per heavy atom. The van der Waals surface area contributed by atoms with Crippen LogP contribution in [0.2, 0.25) is 15.1 Å². The summed E-state index contributed by atoms with van der Waals surface area (Å²) in [6.07, 6.45) is -0.207. The summed E-state index contributed by atoms with van der Waals surface area (Å²) in [6.45, 7) is 0. The number of carbonyl (C=O) groups is 2. The van der Waals surface area contributed by atoms with Crippen molar-refractivity contribution < 1.29 is 14.7 Å². The van der Waals surface area contributed by atoms with E-state index in [1.165, 1.54) is 6.07 Å². The largest absolute Gasteiger partial charge is 0.480 e. The molecule has 0 saturated carbocycles. The maximum absolute atomic E-state index is 12.1. The number of carboxylic acid groups (broad SMARTS) is 1. The zero-order valence-electron chi connectivity index (χ0n) is 12.1. The zero-order chi connectivity index (χ0) is 17.7. The summed E-state index contributed by atoms with van der Waals surface area (Å²) in [5.74, 6) is -1.53. The van der Waals surface area contributed by atoms with Crippen LogP contribution in [0.3, 0.4) is 0 Å². The predicted molar refractivity (Wildman–Crippen MR) is 98.4 cm³/mol. The molecule has 0 aliphatic heterocycles. The minimum absolute atomic E-state index is 0.207. The standard InChI is InChI=1S/C16H12Cl3NO3S/c17-9-1-4-11(5-2-9)24-14(16(22)23)8-15(21)20-13-6-3-10(18)7-12(13)19/h1-7,14H,8H2,(H,20,21)(H,22,23). The molecule has 8 heteroatoms. The fourth-order valence-corrected chi connectivity index (χ4v) is 3.36. The van der Waals surface area contributed by atoms with Crippen LogP contribution in [-0.2, 0) is 9.59 Å². The molecule has 0 heterocycles. The van der Waals surface area contributed by atoms with Crippen LogP contribution >= 0.6 is 46.6 Å². The van der Waals surface area contributed by atoms with E-state index < -0.39 is 17.1 Å². The number of carbonyl (C=O) groups excluding carboxylic acids is 1. The normalized spacial score (nSPS) is 11.8. The van der Waals surface area contributed by atoms with E-state index in [0.717, 1.165) is 11.8 Å². The second-order valence-corrected chi connectivity index (χ2v) is 7.33. The third-order valence-corrected chi connectivity index (χ3v) is 4.94. The summed E-state index contributed by atoms with van der Waals surface area (Å²) in [4.78, 5) is 24.2. The number of aliphatic carboxylic acids is 1. The Morgan fingerprint density at radius 3 is 2.25 bits per heavy atom. The first-order valence-electron chi connectivity index (χ1n) is 6.75. The molecule has 1 atom stereocenters. The Bertz CT molecular complexity index is 753. The van der Waals surface area contributed by atoms with E-state index in [4.69, 9.17) is 34.8 Å². The lowest BCUT2D eigenvalue weighted by Crippen LogP contribution is -2.24. The zero-order valence-corrected chi connectivity index (χ0v) is 15.2. The summed E-state index contributed by atoms with van der Waals surface area (Å²) in [6, 6.07) is 11.4. The molecule has 0 saturated heterocycles. The van der Waals surface area contributed by atoms with Crippen molar-refractivity contribution in [1.82, 2.24) is 0 Å². The van der Waals surface area contributed by atoms with Gasteiger partial charge in [0.2, 0.25) is 5.91 Å². The molecule has 0 aliphatic rings. The van der Waals surface area contributed by atoms with E-state index in [1.807, 2.05) is 0 Å². The van der Waals surface area contributed by atoms with E-state index in [0.29, 0.717) is 20.6 Å². The quantitative estimate of drug-likeness (QED) is 0.648. The maximum Gasteiger partial charge on any atom is 0.317 e. The van der Waals surface area contributed by atoms with E-state index in [2.05, 4.69) is 5.32 Å². The lowest BCUT2D eigenvalue weighted by atomic mass is 10.2. The van der Waals surface area contributed by atoms with Gasteiger partial charge in [-0.3, -0.25) is 9.59 Å². The van der Waals surface area contributed by atoms with Gasteiger partial charge in [0.1, 0.15) is 5.25 Å². The third-order valence-electron chi connectivity index (χ3n) is 2.94. The van der Waals surface area contributed by atoms with E-state index in [9.17, 15) is 14.7 Å². The number of carboxylic acids is 1. The predicted octanol–water partition coefficient (Wildman–Crippen LogP) is 5.22. The topological polar surface area (TPSA) is 66.4 Å².